The van der Waals surface area contributed by atoms with Crippen molar-refractivity contribution in [2.24, 2.45) is 11.1 Å². The van der Waals surface area contributed by atoms with E-state index in [1.165, 1.54) is 22.8 Å². The topological polar surface area (TPSA) is 208 Å². The number of fused-ring (bicyclic) bond motifs is 3. The van der Waals surface area contributed by atoms with Crippen molar-refractivity contribution in [2.75, 3.05) is 87.4 Å². The van der Waals surface area contributed by atoms with Crippen LogP contribution in [0.5, 0.6) is 11.6 Å². The van der Waals surface area contributed by atoms with Gasteiger partial charge in [-0.05, 0) is 72.2 Å². The van der Waals surface area contributed by atoms with Crippen LogP contribution in [-0.4, -0.2) is 119 Å². The normalized spacial score (nSPS) is 21.1. The molecule has 346 valence electrons. The quantitative estimate of drug-likeness (QED) is 0.0956. The summed E-state index contributed by atoms with van der Waals surface area (Å²) in [5.74, 6) is -0.628. The second-order valence-corrected chi connectivity index (χ2v) is 20.5. The van der Waals surface area contributed by atoms with Crippen molar-refractivity contribution in [1.82, 2.24) is 14.9 Å². The van der Waals surface area contributed by atoms with Crippen molar-refractivity contribution in [2.45, 2.75) is 55.0 Å². The number of nitrogens with one attached hydrogen (secondary N) is 2. The van der Waals surface area contributed by atoms with Crippen LogP contribution in [0.15, 0.2) is 82.2 Å². The van der Waals surface area contributed by atoms with E-state index in [2.05, 4.69) is 46.2 Å². The third-order valence-electron chi connectivity index (χ3n) is 13.3. The first-order valence-electron chi connectivity index (χ1n) is 22.2. The van der Waals surface area contributed by atoms with Gasteiger partial charge in [0.05, 0.1) is 59.2 Å². The molecule has 3 aromatic carbocycles. The van der Waals surface area contributed by atoms with E-state index in [0.29, 0.717) is 61.4 Å². The molecule has 2 fully saturated rings. The van der Waals surface area contributed by atoms with Crippen LogP contribution in [0, 0.1) is 15.5 Å². The number of primary amides is 1. The van der Waals surface area contributed by atoms with Gasteiger partial charge >= 0.3 is 0 Å². The number of allylic oxidation sites excluding steroid dienone is 1. The lowest BCUT2D eigenvalue weighted by Crippen LogP contribution is -2.48. The molecule has 66 heavy (non-hydrogen) atoms. The van der Waals surface area contributed by atoms with Gasteiger partial charge in [-0.25, -0.2) is 8.42 Å². The molecule has 1 aliphatic carbocycles. The summed E-state index contributed by atoms with van der Waals surface area (Å²) in [5, 5.41) is 17.4. The van der Waals surface area contributed by atoms with Gasteiger partial charge in [0.1, 0.15) is 35.5 Å². The highest BCUT2D eigenvalue weighted by molar-refractivity contribution is 7.91. The Labute approximate surface area is 386 Å². The number of hydrogen-bond acceptors (Lipinski definition) is 14. The van der Waals surface area contributed by atoms with Crippen molar-refractivity contribution >= 4 is 72.4 Å². The van der Waals surface area contributed by atoms with Crippen LogP contribution in [0.3, 0.4) is 0 Å². The maximum Gasteiger partial charge on any atom is 0.297 e. The van der Waals surface area contributed by atoms with Crippen molar-refractivity contribution in [3.63, 3.8) is 0 Å². The van der Waals surface area contributed by atoms with Crippen LogP contribution >= 0.6 is 11.6 Å². The Balaban J connectivity index is 1.06. The highest BCUT2D eigenvalue weighted by atomic mass is 35.5. The Bertz CT molecular complexity index is 2870. The lowest BCUT2D eigenvalue weighted by atomic mass is 9.72. The Morgan fingerprint density at radius 3 is 2.53 bits per heavy atom. The standard InChI is InChI=1S/C47H51ClN8O9S/c1-47(2)11-9-30(34(24-47)28-3-5-31(48)6-4-28)25-53-13-15-54(16-14-53)36-8-7-33(44(49)57)42(55-17-18-64-46-38(55)21-29-10-12-50-45(29)52-46)43(36)66(60,61)32-22-37(56(58)59)41-39(23-32)65-26-35(51-41)40-27-62-19-20-63-40/h3-8,10,12,21-23,35,40,51H,9,11,13-20,24-27H2,1-2H3,(H2,49,57)(H,50,52)/t35-,40+/m1/s1. The van der Waals surface area contributed by atoms with Crippen molar-refractivity contribution < 1.29 is 37.1 Å². The number of anilines is 4. The molecule has 17 nitrogen and oxygen atoms in total. The second-order valence-electron chi connectivity index (χ2n) is 18.2. The number of carbonyl (C=O) groups excluding carboxylic acids is 1. The molecule has 5 aliphatic rings. The fourth-order valence-electron chi connectivity index (χ4n) is 9.86. The summed E-state index contributed by atoms with van der Waals surface area (Å²) < 4.78 is 55.0. The van der Waals surface area contributed by atoms with Crippen LogP contribution in [0.1, 0.15) is 49.0 Å². The fourth-order valence-corrected chi connectivity index (χ4v) is 11.7. The second kappa shape index (κ2) is 17.4. The van der Waals surface area contributed by atoms with Crippen molar-refractivity contribution in [1.29, 1.82) is 0 Å². The molecule has 0 bridgehead atoms. The van der Waals surface area contributed by atoms with Gasteiger partial charge in [0.15, 0.2) is 11.4 Å². The molecule has 6 heterocycles. The minimum atomic E-state index is -4.75. The van der Waals surface area contributed by atoms with Crippen molar-refractivity contribution in [3.05, 3.63) is 98.7 Å². The van der Waals surface area contributed by atoms with Crippen LogP contribution in [0.25, 0.3) is 16.6 Å². The Morgan fingerprint density at radius 1 is 0.985 bits per heavy atom. The minimum absolute atomic E-state index is 0.00679. The van der Waals surface area contributed by atoms with E-state index in [9.17, 15) is 14.9 Å². The molecule has 2 aromatic heterocycles. The number of carbonyl (C=O) groups is 1. The number of ether oxygens (including phenoxy) is 4. The van der Waals surface area contributed by atoms with Gasteiger partial charge in [-0.15, -0.1) is 0 Å². The van der Waals surface area contributed by atoms with Gasteiger partial charge in [-0.1, -0.05) is 43.2 Å². The van der Waals surface area contributed by atoms with E-state index in [1.54, 1.807) is 23.2 Å². The summed E-state index contributed by atoms with van der Waals surface area (Å²) >= 11 is 6.29. The van der Waals surface area contributed by atoms with Gasteiger partial charge in [0.25, 0.3) is 11.6 Å². The number of aromatic nitrogens is 2. The number of nitro benzene ring substituents is 1. The number of H-pyrrole nitrogens is 1. The molecule has 4 aliphatic heterocycles. The summed E-state index contributed by atoms with van der Waals surface area (Å²) in [4.78, 5) is 39.0. The maximum absolute atomic E-state index is 15.7. The number of hydrogen-bond donors (Lipinski definition) is 3. The highest BCUT2D eigenvalue weighted by Gasteiger charge is 2.40. The molecule has 19 heteroatoms. The third kappa shape index (κ3) is 8.29. The number of sulfone groups is 1. The van der Waals surface area contributed by atoms with Crippen LogP contribution in [0.4, 0.5) is 28.4 Å². The summed E-state index contributed by atoms with van der Waals surface area (Å²) in [5.41, 5.74) is 11.0. The first-order chi connectivity index (χ1) is 31.7. The van der Waals surface area contributed by atoms with Crippen LogP contribution < -0.4 is 30.3 Å². The molecule has 4 N–H and O–H groups in total. The van der Waals surface area contributed by atoms with E-state index in [0.717, 1.165) is 37.3 Å². The van der Waals surface area contributed by atoms with Crippen molar-refractivity contribution in [3.8, 4) is 11.6 Å². The first-order valence-corrected chi connectivity index (χ1v) is 24.1. The number of nitrogens with two attached hydrogens (primary N) is 1. The van der Waals surface area contributed by atoms with Gasteiger partial charge in [0.2, 0.25) is 15.7 Å². The van der Waals surface area contributed by atoms with Gasteiger partial charge in [-0.2, -0.15) is 4.98 Å². The number of amides is 1. The lowest BCUT2D eigenvalue weighted by molar-refractivity contribution is -0.384. The smallest absolute Gasteiger partial charge is 0.297 e. The SMILES string of the molecule is CC1(C)CCC(CN2CCN(c3ccc(C(N)=O)c(N4CCOc5nc6[nH]ccc6cc54)c3S(=O)(=O)c3cc4c(c([N+](=O)[O-])c3)N[C@@H]([C@@H]3COCCO3)CO4)CC2)=C(c2ccc(Cl)cc2)C1. The molecule has 0 radical (unpaired) electrons. The molecule has 0 unspecified atom stereocenters. The predicted molar refractivity (Wildman–Crippen MR) is 250 cm³/mol. The van der Waals surface area contributed by atoms with E-state index in [4.69, 9.17) is 36.3 Å². The number of rotatable bonds is 10. The van der Waals surface area contributed by atoms with Crippen LogP contribution in [-0.2, 0) is 19.3 Å². The number of piperazine rings is 1. The summed E-state index contributed by atoms with van der Waals surface area (Å²) in [6.07, 6.45) is 4.28. The van der Waals surface area contributed by atoms with E-state index in [-0.39, 0.29) is 70.1 Å². The number of nitrogens with zero attached hydrogens (tertiary/aromatic N) is 5. The largest absolute Gasteiger partial charge is 0.489 e. The monoisotopic (exact) mass is 938 g/mol. The minimum Gasteiger partial charge on any atom is -0.489 e. The molecule has 5 aromatic rings. The zero-order valence-corrected chi connectivity index (χ0v) is 38.3. The lowest BCUT2D eigenvalue weighted by Gasteiger charge is -2.40. The number of nitro groups is 1. The number of halogens is 1. The van der Waals surface area contributed by atoms with E-state index >= 15 is 8.42 Å². The Hall–Kier alpha value is -5.92. The zero-order valence-electron chi connectivity index (χ0n) is 36.7. The van der Waals surface area contributed by atoms with E-state index < -0.39 is 38.5 Å². The van der Waals surface area contributed by atoms with Gasteiger partial charge in [0, 0.05) is 61.5 Å². The molecule has 10 rings (SSSR count). The molecular formula is C47H51ClN8O9S. The van der Waals surface area contributed by atoms with Gasteiger partial charge in [-0.3, -0.25) is 19.8 Å². The maximum atomic E-state index is 15.7. The molecule has 2 saturated heterocycles. The number of benzene rings is 3. The average molecular weight is 939 g/mol. The Kier molecular flexibility index (Phi) is 11.6. The summed E-state index contributed by atoms with van der Waals surface area (Å²) in [7, 11) is -4.75. The molecule has 0 spiro atoms. The molecule has 0 saturated carbocycles. The Morgan fingerprint density at radius 2 is 1.79 bits per heavy atom. The third-order valence-corrected chi connectivity index (χ3v) is 15.4. The summed E-state index contributed by atoms with van der Waals surface area (Å²) in [6, 6.07) is 16.7. The zero-order chi connectivity index (χ0) is 45.9. The first kappa shape index (κ1) is 43.9. The predicted octanol–water partition coefficient (Wildman–Crippen LogP) is 6.96. The fraction of sp³-hybridized carbons (Fsp3) is 0.404. The number of aromatic amines is 1. The highest BCUT2D eigenvalue weighted by Crippen LogP contribution is 2.49. The average Bonchev–Trinajstić information content (AvgIpc) is 3.78. The molecule has 1 amide bonds. The molecular weight excluding hydrogens is 888 g/mol. The van der Waals surface area contributed by atoms with Gasteiger partial charge < -0.3 is 44.8 Å². The summed E-state index contributed by atoms with van der Waals surface area (Å²) in [6.45, 7) is 8.85. The van der Waals surface area contributed by atoms with Crippen LogP contribution in [0.2, 0.25) is 5.02 Å². The molecule has 2 atom stereocenters. The van der Waals surface area contributed by atoms with E-state index in [1.807, 2.05) is 29.2 Å². The number of pyridine rings is 1.